The number of carbonyl (C=O) groups is 5. The summed E-state index contributed by atoms with van der Waals surface area (Å²) in [6.07, 6.45) is 1.66. The van der Waals surface area contributed by atoms with E-state index < -0.39 is 17.9 Å². The maximum absolute atomic E-state index is 14.2. The molecule has 6 N–H and O–H groups in total. The number of hydrogen-bond donors (Lipinski definition) is 5. The molecule has 3 fully saturated rings. The van der Waals surface area contributed by atoms with Crippen LogP contribution in [0.25, 0.3) is 64.0 Å². The van der Waals surface area contributed by atoms with Crippen LogP contribution < -0.4 is 16.4 Å². The number of fused-ring (bicyclic) bond motifs is 3. The third-order valence-corrected chi connectivity index (χ3v) is 16.7. The van der Waals surface area contributed by atoms with Crippen LogP contribution in [0.1, 0.15) is 36.0 Å². The Balaban J connectivity index is 0.000000136. The molecule has 6 atom stereocenters. The average Bonchev–Trinajstić information content (AvgIpc) is 4.42. The van der Waals surface area contributed by atoms with Gasteiger partial charge >= 0.3 is 17.9 Å². The number of aliphatic hydroxyl groups excluding tert-OH is 1. The van der Waals surface area contributed by atoms with Crippen molar-refractivity contribution in [3.63, 3.8) is 0 Å². The maximum Gasteiger partial charge on any atom is 0.309 e. The topological polar surface area (TPSA) is 233 Å². The Kier molecular flexibility index (Phi) is 17.0. The first-order chi connectivity index (χ1) is 38.3. The van der Waals surface area contributed by atoms with Crippen LogP contribution in [0.15, 0.2) is 109 Å². The molecule has 15 nitrogen and oxygen atoms in total. The number of ether oxygens (including phenoxy) is 2. The van der Waals surface area contributed by atoms with E-state index >= 15 is 0 Å². The monoisotopic (exact) mass is 1140 g/mol. The lowest BCUT2D eigenvalue weighted by Gasteiger charge is -2.07. The van der Waals surface area contributed by atoms with Crippen molar-refractivity contribution in [3.8, 4) is 33.4 Å². The van der Waals surface area contributed by atoms with Crippen LogP contribution >= 0.6 is 34.0 Å². The van der Waals surface area contributed by atoms with Crippen LogP contribution in [-0.4, -0.2) is 75.7 Å². The van der Waals surface area contributed by atoms with Gasteiger partial charge in [-0.2, -0.15) is 0 Å². The van der Waals surface area contributed by atoms with Gasteiger partial charge in [0.05, 0.1) is 68.5 Å². The average molecular weight is 1140 g/mol. The highest BCUT2D eigenvalue weighted by molar-refractivity contribution is 7.23. The summed E-state index contributed by atoms with van der Waals surface area (Å²) in [4.78, 5) is 69.7. The van der Waals surface area contributed by atoms with E-state index in [1.165, 1.54) is 66.4 Å². The molecule has 21 heteroatoms. The molecule has 12 rings (SSSR count). The number of aliphatic hydroxyl groups is 1. The van der Waals surface area contributed by atoms with E-state index in [-0.39, 0.29) is 71.4 Å². The number of rotatable bonds is 11. The number of aromatic nitrogens is 3. The Morgan fingerprint density at radius 1 is 0.550 bits per heavy atom. The number of carbonyl (C=O) groups excluding carboxylic acids is 4. The summed E-state index contributed by atoms with van der Waals surface area (Å²) in [5.74, 6) is -4.38. The van der Waals surface area contributed by atoms with Crippen LogP contribution in [0.2, 0.25) is 0 Å². The summed E-state index contributed by atoms with van der Waals surface area (Å²) < 4.78 is 54.2. The van der Waals surface area contributed by atoms with Crippen LogP contribution in [-0.2, 0) is 33.4 Å². The van der Waals surface area contributed by atoms with Gasteiger partial charge < -0.3 is 36.1 Å². The predicted octanol–water partition coefficient (Wildman–Crippen LogP) is 12.0. The second-order valence-electron chi connectivity index (χ2n) is 19.5. The zero-order valence-electron chi connectivity index (χ0n) is 43.7. The molecule has 80 heavy (non-hydrogen) atoms. The number of nitrogens with one attached hydrogen (secondary N) is 2. The van der Waals surface area contributed by atoms with Gasteiger partial charge in [-0.1, -0.05) is 88.6 Å². The van der Waals surface area contributed by atoms with Crippen LogP contribution in [0.3, 0.4) is 0 Å². The quantitative estimate of drug-likeness (QED) is 0.0759. The number of nitrogens with two attached hydrogens (primary N) is 1. The molecule has 0 aliphatic heterocycles. The molecule has 2 unspecified atom stereocenters. The molecule has 2 amide bonds. The van der Waals surface area contributed by atoms with Crippen molar-refractivity contribution in [2.45, 2.75) is 40.0 Å². The molecule has 3 aliphatic carbocycles. The predicted molar refractivity (Wildman–Crippen MR) is 304 cm³/mol. The standard InChI is InChI=1S/C20H17FN2O3S.C19H17FN2O2S.C14H11FN2S.C6H8O4/c1-10-4-3-5-14(21)17(10)11-6-7-16-15(8-11)22-20(27-16)23-18(24)12-9-13(12)19(25)26-2;1-10-3-2-4-14(20)17(10)11-5-6-16-15(8-11)21-19(25-16)22-18(24)13-7-12(13)9-23;1-8-3-2-4-10(15)13(8)9-5-6-12-11(7-9)17-14(16)18-12;1-10-6(9)4-2-3(4)5(7)8/h3-8,12-13H,9H2,1-2H3,(H,22,23,24);2-6,8,12-13,23H,7,9H2,1H3,(H,21,22,24);2-7H,1H3,(H2,16,17);3-4H,2H2,1H3,(H,7,8)/t12-,13?;12?,13-;;3-,4+/m00.0/s1. The van der Waals surface area contributed by atoms with E-state index in [1.54, 1.807) is 18.2 Å². The molecule has 3 aromatic heterocycles. The number of hydrogen-bond acceptors (Lipinski definition) is 15. The Morgan fingerprint density at radius 2 is 0.938 bits per heavy atom. The van der Waals surface area contributed by atoms with Crippen molar-refractivity contribution >= 4 is 110 Å². The van der Waals surface area contributed by atoms with Crippen LogP contribution in [0.4, 0.5) is 28.6 Å². The number of benzene rings is 6. The van der Waals surface area contributed by atoms with Gasteiger partial charge in [0, 0.05) is 29.2 Å². The van der Waals surface area contributed by atoms with Gasteiger partial charge in [0.25, 0.3) is 0 Å². The second-order valence-corrected chi connectivity index (χ2v) is 22.6. The Hall–Kier alpha value is -8.11. The van der Waals surface area contributed by atoms with E-state index in [9.17, 15) is 37.1 Å². The molecule has 6 aromatic carbocycles. The van der Waals surface area contributed by atoms with Crippen molar-refractivity contribution in [2.75, 3.05) is 37.2 Å². The van der Waals surface area contributed by atoms with Gasteiger partial charge in [-0.05, 0) is 134 Å². The van der Waals surface area contributed by atoms with Crippen LogP contribution in [0, 0.1) is 73.7 Å². The van der Waals surface area contributed by atoms with E-state index in [1.807, 2.05) is 93.6 Å². The molecule has 0 bridgehead atoms. The number of methoxy groups -OCH3 is 2. The van der Waals surface area contributed by atoms with E-state index in [0.717, 1.165) is 64.9 Å². The van der Waals surface area contributed by atoms with Crippen molar-refractivity contribution in [1.29, 1.82) is 0 Å². The highest BCUT2D eigenvalue weighted by Gasteiger charge is 2.50. The fourth-order valence-corrected chi connectivity index (χ4v) is 11.7. The fourth-order valence-electron chi connectivity index (χ4n) is 9.31. The number of esters is 2. The molecule has 3 saturated carbocycles. The van der Waals surface area contributed by atoms with E-state index in [0.29, 0.717) is 50.4 Å². The number of nitrogen functional groups attached to an aromatic ring is 1. The largest absolute Gasteiger partial charge is 0.481 e. The zero-order chi connectivity index (χ0) is 57.1. The molecule has 0 radical (unpaired) electrons. The number of nitrogens with zero attached hydrogens (tertiary/aromatic N) is 3. The number of amides is 2. The lowest BCUT2D eigenvalue weighted by atomic mass is 10.00. The first-order valence-corrected chi connectivity index (χ1v) is 27.7. The van der Waals surface area contributed by atoms with Gasteiger partial charge in [-0.25, -0.2) is 28.1 Å². The van der Waals surface area contributed by atoms with E-state index in [2.05, 4.69) is 35.1 Å². The smallest absolute Gasteiger partial charge is 0.309 e. The molecule has 9 aromatic rings. The minimum absolute atomic E-state index is 0.0449. The maximum atomic E-state index is 14.2. The summed E-state index contributed by atoms with van der Waals surface area (Å²) in [7, 11) is 2.58. The molecule has 0 spiro atoms. The minimum atomic E-state index is -0.907. The van der Waals surface area contributed by atoms with E-state index in [4.69, 9.17) is 15.9 Å². The van der Waals surface area contributed by atoms with Crippen molar-refractivity contribution in [3.05, 3.63) is 143 Å². The first-order valence-electron chi connectivity index (χ1n) is 25.2. The number of thiazole rings is 3. The fraction of sp³-hybridized carbons (Fsp3) is 0.254. The van der Waals surface area contributed by atoms with Crippen molar-refractivity contribution in [1.82, 2.24) is 15.0 Å². The number of anilines is 3. The van der Waals surface area contributed by atoms with Crippen LogP contribution in [0.5, 0.6) is 0 Å². The SMILES string of the molecule is COC(=O)C1C[C@@H]1C(=O)Nc1nc2cc(-c3c(C)cccc3F)ccc2s1.COC(=O)[C@@H]1C[C@@H]1C(=O)O.Cc1cccc(F)c1-c1ccc2sc(N)nc2c1.Cc1cccc(F)c1-c1ccc2sc(NC(=O)[C@H]3CC3CO)nc2c1. The Labute approximate surface area is 468 Å². The highest BCUT2D eigenvalue weighted by Crippen LogP contribution is 2.43. The second kappa shape index (κ2) is 24.1. The molecule has 3 heterocycles. The number of halogens is 3. The van der Waals surface area contributed by atoms with Gasteiger partial charge in [-0.3, -0.25) is 24.0 Å². The summed E-state index contributed by atoms with van der Waals surface area (Å²) in [6, 6.07) is 32.0. The molecule has 3 aliphatic rings. The van der Waals surface area contributed by atoms with Gasteiger partial charge in [0.2, 0.25) is 11.8 Å². The highest BCUT2D eigenvalue weighted by atomic mass is 32.1. The summed E-state index contributed by atoms with van der Waals surface area (Å²) in [5.41, 5.74) is 14.7. The number of aliphatic carboxylic acids is 1. The lowest BCUT2D eigenvalue weighted by molar-refractivity contribution is -0.146. The molecule has 0 saturated heterocycles. The van der Waals surface area contributed by atoms with Gasteiger partial charge in [-0.15, -0.1) is 0 Å². The number of carboxylic acids is 1. The number of carboxylic acid groups (broad SMARTS) is 1. The summed E-state index contributed by atoms with van der Waals surface area (Å²) >= 11 is 4.18. The molecular formula is C59H53F3N6O9S3. The summed E-state index contributed by atoms with van der Waals surface area (Å²) in [6.45, 7) is 5.69. The number of aryl methyl sites for hydroxylation is 3. The Bertz CT molecular complexity index is 3800. The zero-order valence-corrected chi connectivity index (χ0v) is 46.2. The third-order valence-electron chi connectivity index (χ3n) is 13.9. The van der Waals surface area contributed by atoms with Crippen molar-refractivity contribution in [2.24, 2.45) is 35.5 Å². The first kappa shape index (κ1) is 56.6. The lowest BCUT2D eigenvalue weighted by Crippen LogP contribution is -2.17. The molecule has 412 valence electrons. The van der Waals surface area contributed by atoms with Gasteiger partial charge in [0.1, 0.15) is 17.5 Å². The Morgan fingerprint density at radius 3 is 1.31 bits per heavy atom. The minimum Gasteiger partial charge on any atom is -0.481 e. The molecular weight excluding hydrogens is 1090 g/mol. The third kappa shape index (κ3) is 12.8. The normalized spacial score (nSPS) is 18.3. The van der Waals surface area contributed by atoms with Crippen molar-refractivity contribution < 1.29 is 56.8 Å². The van der Waals surface area contributed by atoms with Gasteiger partial charge in [0.15, 0.2) is 15.4 Å². The summed E-state index contributed by atoms with van der Waals surface area (Å²) in [5, 5.41) is 24.6.